The van der Waals surface area contributed by atoms with Crippen LogP contribution in [0.1, 0.15) is 56.7 Å². The van der Waals surface area contributed by atoms with Gasteiger partial charge in [0.1, 0.15) is 5.76 Å². The van der Waals surface area contributed by atoms with E-state index in [1.165, 1.54) is 44.9 Å². The number of rotatable bonds is 5. The predicted octanol–water partition coefficient (Wildman–Crippen LogP) is 3.46. The van der Waals surface area contributed by atoms with E-state index in [4.69, 9.17) is 16.6 Å². The summed E-state index contributed by atoms with van der Waals surface area (Å²) < 4.78 is 5.71. The predicted molar refractivity (Wildman–Crippen MR) is 99.8 cm³/mol. The van der Waals surface area contributed by atoms with Gasteiger partial charge < -0.3 is 15.1 Å². The topological polar surface area (TPSA) is 40.4 Å². The van der Waals surface area contributed by atoms with Crippen LogP contribution >= 0.6 is 12.2 Å². The summed E-state index contributed by atoms with van der Waals surface area (Å²) >= 11 is 5.58. The van der Waals surface area contributed by atoms with Gasteiger partial charge in [0.05, 0.1) is 12.3 Å². The van der Waals surface area contributed by atoms with Crippen LogP contribution in [0.2, 0.25) is 0 Å². The summed E-state index contributed by atoms with van der Waals surface area (Å²) in [6.07, 6.45) is 11.2. The molecule has 0 amide bonds. The molecule has 1 aromatic heterocycles. The van der Waals surface area contributed by atoms with Crippen molar-refractivity contribution >= 4 is 17.3 Å². The van der Waals surface area contributed by atoms with Crippen LogP contribution in [-0.2, 0) is 0 Å². The van der Waals surface area contributed by atoms with Crippen LogP contribution in [0.3, 0.4) is 0 Å². The molecule has 0 unspecified atom stereocenters. The number of fused-ring (bicyclic) bond motifs is 2. The van der Waals surface area contributed by atoms with E-state index in [0.717, 1.165) is 42.3 Å². The minimum atomic E-state index is 0.278. The minimum Gasteiger partial charge on any atom is -0.468 e. The molecule has 0 aromatic carbocycles. The summed E-state index contributed by atoms with van der Waals surface area (Å²) in [7, 11) is 0. The molecule has 2 heterocycles. The molecule has 2 saturated carbocycles. The van der Waals surface area contributed by atoms with E-state index in [-0.39, 0.29) is 6.04 Å². The zero-order chi connectivity index (χ0) is 16.4. The largest absolute Gasteiger partial charge is 0.468 e. The smallest absolute Gasteiger partial charge is 0.166 e. The molecule has 132 valence electrons. The van der Waals surface area contributed by atoms with Crippen molar-refractivity contribution in [1.29, 1.82) is 0 Å². The molecule has 1 aliphatic heterocycles. The molecule has 0 radical (unpaired) electrons. The second kappa shape index (κ2) is 7.44. The first-order chi connectivity index (χ1) is 11.8. The molecule has 2 bridgehead atoms. The van der Waals surface area contributed by atoms with E-state index in [1.54, 1.807) is 6.26 Å². The Labute approximate surface area is 150 Å². The van der Waals surface area contributed by atoms with Crippen molar-refractivity contribution in [3.05, 3.63) is 24.2 Å². The highest BCUT2D eigenvalue weighted by Gasteiger charge is 2.39. The molecule has 0 spiro atoms. The van der Waals surface area contributed by atoms with E-state index in [1.807, 2.05) is 6.07 Å². The van der Waals surface area contributed by atoms with Crippen molar-refractivity contribution in [2.45, 2.75) is 57.0 Å². The molecule has 4 nitrogen and oxygen atoms in total. The third-order valence-electron chi connectivity index (χ3n) is 6.21. The molecule has 4 atom stereocenters. The summed E-state index contributed by atoms with van der Waals surface area (Å²) in [4.78, 5) is 2.54. The van der Waals surface area contributed by atoms with Crippen molar-refractivity contribution in [3.8, 4) is 0 Å². The van der Waals surface area contributed by atoms with Gasteiger partial charge in [-0.3, -0.25) is 4.90 Å². The Hall–Kier alpha value is -1.07. The molecule has 1 saturated heterocycles. The fourth-order valence-corrected chi connectivity index (χ4v) is 5.19. The van der Waals surface area contributed by atoms with Gasteiger partial charge in [-0.05, 0) is 81.4 Å². The third kappa shape index (κ3) is 3.62. The van der Waals surface area contributed by atoms with Gasteiger partial charge in [0.25, 0.3) is 0 Å². The number of piperidine rings is 1. The quantitative estimate of drug-likeness (QED) is 0.798. The van der Waals surface area contributed by atoms with Crippen LogP contribution < -0.4 is 10.6 Å². The molecular formula is C19H29N3OS. The van der Waals surface area contributed by atoms with Gasteiger partial charge in [-0.15, -0.1) is 0 Å². The normalized spacial score (nSPS) is 31.1. The average molecular weight is 348 g/mol. The highest BCUT2D eigenvalue weighted by Crippen LogP contribution is 2.44. The standard InChI is InChI=1S/C19H29N3OS/c24-19(21-16-12-14-6-7-15(16)11-14)20-13-17(18-5-4-10-23-18)22-8-2-1-3-9-22/h4-5,10,14-17H,1-3,6-9,11-13H2,(H2,20,21,24)/t14-,15-,16-,17-/m1/s1. The van der Waals surface area contributed by atoms with Crippen LogP contribution in [0.4, 0.5) is 0 Å². The molecule has 3 aliphatic rings. The van der Waals surface area contributed by atoms with Crippen molar-refractivity contribution in [1.82, 2.24) is 15.5 Å². The fourth-order valence-electron chi connectivity index (χ4n) is 4.95. The maximum atomic E-state index is 5.71. The van der Waals surface area contributed by atoms with Gasteiger partial charge in [-0.2, -0.15) is 0 Å². The highest BCUT2D eigenvalue weighted by atomic mass is 32.1. The van der Waals surface area contributed by atoms with Gasteiger partial charge in [0, 0.05) is 12.6 Å². The molecule has 3 fully saturated rings. The number of thiocarbonyl (C=S) groups is 1. The summed E-state index contributed by atoms with van der Waals surface area (Å²) in [5, 5.41) is 7.88. The Kier molecular flexibility index (Phi) is 5.09. The Bertz CT molecular complexity index is 541. The van der Waals surface area contributed by atoms with E-state index in [2.05, 4.69) is 21.6 Å². The van der Waals surface area contributed by atoms with E-state index >= 15 is 0 Å². The monoisotopic (exact) mass is 347 g/mol. The first-order valence-corrected chi connectivity index (χ1v) is 10.0. The summed E-state index contributed by atoms with van der Waals surface area (Å²) in [5.41, 5.74) is 0. The van der Waals surface area contributed by atoms with Crippen molar-refractivity contribution in [2.75, 3.05) is 19.6 Å². The van der Waals surface area contributed by atoms with Crippen molar-refractivity contribution in [2.24, 2.45) is 11.8 Å². The zero-order valence-corrected chi connectivity index (χ0v) is 15.2. The van der Waals surface area contributed by atoms with Crippen molar-refractivity contribution in [3.63, 3.8) is 0 Å². The van der Waals surface area contributed by atoms with Gasteiger partial charge in [-0.1, -0.05) is 12.8 Å². The minimum absolute atomic E-state index is 0.278. The molecule has 5 heteroatoms. The van der Waals surface area contributed by atoms with Crippen LogP contribution in [0.15, 0.2) is 22.8 Å². The SMILES string of the molecule is S=C(NC[C@H](c1ccco1)N1CCCCC1)N[C@@H]1C[C@@H]2CC[C@@H]1C2. The van der Waals surface area contributed by atoms with Crippen molar-refractivity contribution < 1.29 is 4.42 Å². The van der Waals surface area contributed by atoms with Gasteiger partial charge in [-0.25, -0.2) is 0 Å². The number of likely N-dealkylation sites (tertiary alicyclic amines) is 1. The Morgan fingerprint density at radius 1 is 1.25 bits per heavy atom. The molecular weight excluding hydrogens is 318 g/mol. The molecule has 24 heavy (non-hydrogen) atoms. The number of hydrogen-bond donors (Lipinski definition) is 2. The highest BCUT2D eigenvalue weighted by molar-refractivity contribution is 7.80. The number of furan rings is 1. The molecule has 2 N–H and O–H groups in total. The lowest BCUT2D eigenvalue weighted by Crippen LogP contribution is -2.47. The van der Waals surface area contributed by atoms with E-state index in [9.17, 15) is 0 Å². The fraction of sp³-hybridized carbons (Fsp3) is 0.737. The van der Waals surface area contributed by atoms with Crippen LogP contribution in [-0.4, -0.2) is 35.7 Å². The number of nitrogens with zero attached hydrogens (tertiary/aromatic N) is 1. The maximum absolute atomic E-state index is 5.71. The second-order valence-corrected chi connectivity index (χ2v) is 8.17. The molecule has 1 aromatic rings. The Morgan fingerprint density at radius 2 is 2.12 bits per heavy atom. The number of hydrogen-bond acceptors (Lipinski definition) is 3. The van der Waals surface area contributed by atoms with E-state index < -0.39 is 0 Å². The van der Waals surface area contributed by atoms with E-state index in [0.29, 0.717) is 6.04 Å². The van der Waals surface area contributed by atoms with Crippen LogP contribution in [0.5, 0.6) is 0 Å². The Balaban J connectivity index is 1.32. The maximum Gasteiger partial charge on any atom is 0.166 e. The molecule has 4 rings (SSSR count). The van der Waals surface area contributed by atoms with Gasteiger partial charge in [0.15, 0.2) is 5.11 Å². The Morgan fingerprint density at radius 3 is 2.79 bits per heavy atom. The second-order valence-electron chi connectivity index (χ2n) is 7.76. The molecule has 2 aliphatic carbocycles. The third-order valence-corrected chi connectivity index (χ3v) is 6.48. The van der Waals surface area contributed by atoms with Crippen LogP contribution in [0, 0.1) is 11.8 Å². The lowest BCUT2D eigenvalue weighted by Gasteiger charge is -2.34. The lowest BCUT2D eigenvalue weighted by atomic mass is 9.95. The van der Waals surface area contributed by atoms with Gasteiger partial charge >= 0.3 is 0 Å². The lowest BCUT2D eigenvalue weighted by molar-refractivity contribution is 0.146. The summed E-state index contributed by atoms with van der Waals surface area (Å²) in [6.45, 7) is 3.12. The first kappa shape index (κ1) is 16.4. The summed E-state index contributed by atoms with van der Waals surface area (Å²) in [5.74, 6) is 2.84. The first-order valence-electron chi connectivity index (χ1n) is 9.61. The van der Waals surface area contributed by atoms with Crippen LogP contribution in [0.25, 0.3) is 0 Å². The zero-order valence-electron chi connectivity index (χ0n) is 14.4. The summed E-state index contributed by atoms with van der Waals surface area (Å²) in [6, 6.07) is 4.95. The number of nitrogens with one attached hydrogen (secondary N) is 2. The van der Waals surface area contributed by atoms with Gasteiger partial charge in [0.2, 0.25) is 0 Å². The average Bonchev–Trinajstić information content (AvgIpc) is 3.34.